The topological polar surface area (TPSA) is 61.4 Å². The first-order chi connectivity index (χ1) is 9.66. The van der Waals surface area contributed by atoms with Crippen LogP contribution in [0.2, 0.25) is 5.02 Å². The standard InChI is InChI=1S/C15H21ClN2O2/c16-13-4-2-1-3-12(13)14(19)10-18-15(20)9-11-5-7-17-8-6-11/h1-4,11,14,17,19H,5-10H2,(H,18,20)/t14-/m1/s1. The minimum Gasteiger partial charge on any atom is -0.387 e. The zero-order valence-electron chi connectivity index (χ0n) is 11.4. The van der Waals surface area contributed by atoms with E-state index >= 15 is 0 Å². The Kier molecular flexibility index (Phi) is 5.83. The Bertz CT molecular complexity index is 447. The van der Waals surface area contributed by atoms with Crippen molar-refractivity contribution in [2.75, 3.05) is 19.6 Å². The van der Waals surface area contributed by atoms with Crippen molar-refractivity contribution in [2.24, 2.45) is 5.92 Å². The van der Waals surface area contributed by atoms with Crippen molar-refractivity contribution in [3.63, 3.8) is 0 Å². The van der Waals surface area contributed by atoms with Crippen molar-refractivity contribution < 1.29 is 9.90 Å². The van der Waals surface area contributed by atoms with Crippen molar-refractivity contribution in [3.05, 3.63) is 34.9 Å². The second kappa shape index (κ2) is 7.62. The molecule has 1 aliphatic heterocycles. The highest BCUT2D eigenvalue weighted by molar-refractivity contribution is 6.31. The van der Waals surface area contributed by atoms with E-state index in [-0.39, 0.29) is 12.5 Å². The SMILES string of the molecule is O=C(CC1CCNCC1)NC[C@@H](O)c1ccccc1Cl. The van der Waals surface area contributed by atoms with Crippen LogP contribution < -0.4 is 10.6 Å². The maximum atomic E-state index is 11.9. The lowest BCUT2D eigenvalue weighted by Gasteiger charge is -2.22. The molecule has 5 heteroatoms. The molecule has 0 spiro atoms. The van der Waals surface area contributed by atoms with Crippen molar-refractivity contribution >= 4 is 17.5 Å². The summed E-state index contributed by atoms with van der Waals surface area (Å²) in [5, 5.41) is 16.6. The fraction of sp³-hybridized carbons (Fsp3) is 0.533. The number of rotatable bonds is 5. The van der Waals surface area contributed by atoms with Crippen LogP contribution in [-0.2, 0) is 4.79 Å². The van der Waals surface area contributed by atoms with Gasteiger partial charge in [-0.15, -0.1) is 0 Å². The molecular weight excluding hydrogens is 276 g/mol. The molecule has 1 aromatic carbocycles. The number of nitrogens with one attached hydrogen (secondary N) is 2. The van der Waals surface area contributed by atoms with Gasteiger partial charge in [-0.05, 0) is 37.9 Å². The quantitative estimate of drug-likeness (QED) is 0.777. The van der Waals surface area contributed by atoms with Crippen LogP contribution in [0.4, 0.5) is 0 Å². The third kappa shape index (κ3) is 4.47. The second-order valence-corrected chi connectivity index (χ2v) is 5.65. The molecule has 0 aromatic heterocycles. The van der Waals surface area contributed by atoms with Crippen molar-refractivity contribution in [2.45, 2.75) is 25.4 Å². The number of carbonyl (C=O) groups is 1. The highest BCUT2D eigenvalue weighted by Gasteiger charge is 2.18. The van der Waals surface area contributed by atoms with Gasteiger partial charge in [0, 0.05) is 23.6 Å². The minimum atomic E-state index is -0.763. The molecule has 0 radical (unpaired) electrons. The lowest BCUT2D eigenvalue weighted by Crippen LogP contribution is -2.33. The summed E-state index contributed by atoms with van der Waals surface area (Å²) in [5.41, 5.74) is 0.649. The fourth-order valence-electron chi connectivity index (χ4n) is 2.49. The Morgan fingerprint density at radius 2 is 2.10 bits per heavy atom. The highest BCUT2D eigenvalue weighted by Crippen LogP contribution is 2.22. The summed E-state index contributed by atoms with van der Waals surface area (Å²) in [4.78, 5) is 11.9. The first-order valence-electron chi connectivity index (χ1n) is 7.06. The Labute approximate surface area is 124 Å². The van der Waals surface area contributed by atoms with Crippen LogP contribution >= 0.6 is 11.6 Å². The summed E-state index contributed by atoms with van der Waals surface area (Å²) in [7, 11) is 0. The highest BCUT2D eigenvalue weighted by atomic mass is 35.5. The molecule has 0 unspecified atom stereocenters. The summed E-state index contributed by atoms with van der Waals surface area (Å²) in [6.45, 7) is 2.17. The zero-order valence-corrected chi connectivity index (χ0v) is 12.2. The number of halogens is 1. The van der Waals surface area contributed by atoms with Gasteiger partial charge in [0.2, 0.25) is 5.91 Å². The van der Waals surface area contributed by atoms with Gasteiger partial charge in [-0.25, -0.2) is 0 Å². The minimum absolute atomic E-state index is 0.00278. The van der Waals surface area contributed by atoms with Crippen LogP contribution in [0.25, 0.3) is 0 Å². The molecule has 20 heavy (non-hydrogen) atoms. The molecule has 1 fully saturated rings. The van der Waals surface area contributed by atoms with Gasteiger partial charge in [-0.2, -0.15) is 0 Å². The number of aliphatic hydroxyl groups excluding tert-OH is 1. The first-order valence-corrected chi connectivity index (χ1v) is 7.44. The van der Waals surface area contributed by atoms with Crippen LogP contribution in [0.15, 0.2) is 24.3 Å². The van der Waals surface area contributed by atoms with E-state index in [9.17, 15) is 9.90 Å². The van der Waals surface area contributed by atoms with E-state index in [1.54, 1.807) is 12.1 Å². The molecule has 1 heterocycles. The largest absolute Gasteiger partial charge is 0.387 e. The van der Waals surface area contributed by atoms with Crippen LogP contribution in [0.3, 0.4) is 0 Å². The molecule has 0 aliphatic carbocycles. The van der Waals surface area contributed by atoms with Gasteiger partial charge < -0.3 is 15.7 Å². The van der Waals surface area contributed by atoms with Crippen LogP contribution in [0.1, 0.15) is 30.9 Å². The molecule has 1 amide bonds. The molecular formula is C15H21ClN2O2. The predicted molar refractivity (Wildman–Crippen MR) is 79.6 cm³/mol. The molecule has 1 atom stereocenters. The summed E-state index contributed by atoms with van der Waals surface area (Å²) in [6, 6.07) is 7.14. The van der Waals surface area contributed by atoms with Crippen molar-refractivity contribution in [1.29, 1.82) is 0 Å². The van der Waals surface area contributed by atoms with Gasteiger partial charge in [0.1, 0.15) is 0 Å². The number of hydrogen-bond acceptors (Lipinski definition) is 3. The summed E-state index contributed by atoms with van der Waals surface area (Å²) < 4.78 is 0. The first kappa shape index (κ1) is 15.3. The summed E-state index contributed by atoms with van der Waals surface area (Å²) >= 11 is 6.01. The Morgan fingerprint density at radius 1 is 1.40 bits per heavy atom. The number of carbonyl (C=O) groups excluding carboxylic acids is 1. The third-order valence-electron chi connectivity index (χ3n) is 3.69. The molecule has 2 rings (SSSR count). The monoisotopic (exact) mass is 296 g/mol. The normalized spacial score (nSPS) is 17.7. The van der Waals surface area contributed by atoms with Gasteiger partial charge in [0.05, 0.1) is 6.10 Å². The predicted octanol–water partition coefficient (Wildman–Crippen LogP) is 1.88. The third-order valence-corrected chi connectivity index (χ3v) is 4.03. The van der Waals surface area contributed by atoms with Gasteiger partial charge >= 0.3 is 0 Å². The van der Waals surface area contributed by atoms with E-state index in [2.05, 4.69) is 10.6 Å². The molecule has 1 saturated heterocycles. The maximum Gasteiger partial charge on any atom is 0.220 e. The number of aliphatic hydroxyl groups is 1. The number of hydrogen-bond donors (Lipinski definition) is 3. The molecule has 3 N–H and O–H groups in total. The smallest absolute Gasteiger partial charge is 0.220 e. The molecule has 1 aromatic rings. The zero-order chi connectivity index (χ0) is 14.4. The Morgan fingerprint density at radius 3 is 2.80 bits per heavy atom. The average molecular weight is 297 g/mol. The van der Waals surface area contributed by atoms with E-state index in [0.29, 0.717) is 22.9 Å². The van der Waals surface area contributed by atoms with Gasteiger partial charge in [0.25, 0.3) is 0 Å². The van der Waals surface area contributed by atoms with E-state index in [0.717, 1.165) is 25.9 Å². The number of amides is 1. The Hall–Kier alpha value is -1.10. The van der Waals surface area contributed by atoms with Gasteiger partial charge in [0.15, 0.2) is 0 Å². The van der Waals surface area contributed by atoms with Crippen LogP contribution in [0, 0.1) is 5.92 Å². The fourth-order valence-corrected chi connectivity index (χ4v) is 2.75. The van der Waals surface area contributed by atoms with Crippen LogP contribution in [-0.4, -0.2) is 30.6 Å². The summed E-state index contributed by atoms with van der Waals surface area (Å²) in [5.74, 6) is 0.455. The molecule has 0 bridgehead atoms. The maximum absolute atomic E-state index is 11.9. The van der Waals surface area contributed by atoms with E-state index in [1.165, 1.54) is 0 Å². The molecule has 110 valence electrons. The van der Waals surface area contributed by atoms with Gasteiger partial charge in [-0.3, -0.25) is 4.79 Å². The number of benzene rings is 1. The number of piperidine rings is 1. The lowest BCUT2D eigenvalue weighted by atomic mass is 9.94. The van der Waals surface area contributed by atoms with Gasteiger partial charge in [-0.1, -0.05) is 29.8 Å². The lowest BCUT2D eigenvalue weighted by molar-refractivity contribution is -0.122. The van der Waals surface area contributed by atoms with Crippen LogP contribution in [0.5, 0.6) is 0 Å². The average Bonchev–Trinajstić information content (AvgIpc) is 2.46. The second-order valence-electron chi connectivity index (χ2n) is 5.24. The summed E-state index contributed by atoms with van der Waals surface area (Å²) in [6.07, 6.45) is 1.86. The van der Waals surface area contributed by atoms with E-state index < -0.39 is 6.10 Å². The molecule has 0 saturated carbocycles. The molecule has 4 nitrogen and oxygen atoms in total. The van der Waals surface area contributed by atoms with E-state index in [1.807, 2.05) is 12.1 Å². The van der Waals surface area contributed by atoms with Crippen molar-refractivity contribution in [3.8, 4) is 0 Å². The van der Waals surface area contributed by atoms with Crippen molar-refractivity contribution in [1.82, 2.24) is 10.6 Å². The molecule has 1 aliphatic rings. The Balaban J connectivity index is 1.76. The van der Waals surface area contributed by atoms with E-state index in [4.69, 9.17) is 11.6 Å².